The molecule has 3 rings (SSSR count). The first-order valence-corrected chi connectivity index (χ1v) is 8.93. The van der Waals surface area contributed by atoms with Crippen molar-refractivity contribution in [1.29, 1.82) is 0 Å². The van der Waals surface area contributed by atoms with Gasteiger partial charge in [-0.1, -0.05) is 30.3 Å². The molecule has 2 aromatic rings. The third-order valence-corrected chi connectivity index (χ3v) is 4.69. The molecule has 0 spiro atoms. The van der Waals surface area contributed by atoms with Gasteiger partial charge < -0.3 is 20.3 Å². The number of hydrogen-bond acceptors (Lipinski definition) is 4. The molecule has 8 heteroatoms. The third-order valence-electron chi connectivity index (χ3n) is 4.69. The van der Waals surface area contributed by atoms with E-state index in [2.05, 4.69) is 0 Å². The van der Waals surface area contributed by atoms with Gasteiger partial charge in [0.05, 0.1) is 6.42 Å². The standard InChI is InChI=1S/C20H21F2N3O3/c21-16-7-6-15(12-17(16)22)24-8-10-25(11-9-24)19(26)13-18(28-20(23)27)14-4-2-1-3-5-14/h1-7,12,18H,8-11,13H2,(H2,23,27)/t18-/m0/s1. The van der Waals surface area contributed by atoms with E-state index in [9.17, 15) is 18.4 Å². The summed E-state index contributed by atoms with van der Waals surface area (Å²) in [4.78, 5) is 27.4. The average molecular weight is 389 g/mol. The van der Waals surface area contributed by atoms with Crippen molar-refractivity contribution in [2.75, 3.05) is 31.1 Å². The molecular formula is C20H21F2N3O3. The number of amides is 2. The van der Waals surface area contributed by atoms with Crippen molar-refractivity contribution in [3.8, 4) is 0 Å². The van der Waals surface area contributed by atoms with Crippen molar-refractivity contribution >= 4 is 17.7 Å². The summed E-state index contributed by atoms with van der Waals surface area (Å²) < 4.78 is 31.6. The Hall–Kier alpha value is -3.16. The van der Waals surface area contributed by atoms with Crippen LogP contribution in [0.25, 0.3) is 0 Å². The SMILES string of the molecule is NC(=O)O[C@@H](CC(=O)N1CCN(c2ccc(F)c(F)c2)CC1)c1ccccc1. The molecule has 28 heavy (non-hydrogen) atoms. The minimum atomic E-state index is -0.940. The Labute approximate surface area is 161 Å². The fourth-order valence-electron chi connectivity index (χ4n) is 3.22. The minimum Gasteiger partial charge on any atom is -0.441 e. The van der Waals surface area contributed by atoms with E-state index in [0.29, 0.717) is 37.4 Å². The number of carbonyl (C=O) groups excluding carboxylic acids is 2. The quantitative estimate of drug-likeness (QED) is 0.853. The van der Waals surface area contributed by atoms with Gasteiger partial charge >= 0.3 is 6.09 Å². The molecule has 6 nitrogen and oxygen atoms in total. The predicted molar refractivity (Wildman–Crippen MR) is 99.6 cm³/mol. The van der Waals surface area contributed by atoms with Gasteiger partial charge in [-0.2, -0.15) is 0 Å². The molecule has 1 aliphatic rings. The molecule has 1 aliphatic heterocycles. The Bertz CT molecular complexity index is 840. The molecule has 0 aromatic heterocycles. The predicted octanol–water partition coefficient (Wildman–Crippen LogP) is 2.84. The van der Waals surface area contributed by atoms with Crippen molar-refractivity contribution in [2.24, 2.45) is 5.73 Å². The van der Waals surface area contributed by atoms with Crippen molar-refractivity contribution < 1.29 is 23.1 Å². The zero-order valence-corrected chi connectivity index (χ0v) is 15.2. The van der Waals surface area contributed by atoms with Crippen LogP contribution in [-0.2, 0) is 9.53 Å². The number of nitrogens with zero attached hydrogens (tertiary/aromatic N) is 2. The highest BCUT2D eigenvalue weighted by molar-refractivity contribution is 5.78. The van der Waals surface area contributed by atoms with Gasteiger partial charge in [0.15, 0.2) is 11.6 Å². The first-order valence-electron chi connectivity index (χ1n) is 8.93. The number of ether oxygens (including phenoxy) is 1. The van der Waals surface area contributed by atoms with Crippen molar-refractivity contribution in [3.63, 3.8) is 0 Å². The van der Waals surface area contributed by atoms with Crippen LogP contribution in [0.2, 0.25) is 0 Å². The molecule has 1 heterocycles. The topological polar surface area (TPSA) is 75.9 Å². The molecule has 1 fully saturated rings. The van der Waals surface area contributed by atoms with E-state index >= 15 is 0 Å². The van der Waals surface area contributed by atoms with Gasteiger partial charge in [0.25, 0.3) is 0 Å². The number of nitrogens with two attached hydrogens (primary N) is 1. The molecule has 0 unspecified atom stereocenters. The van der Waals surface area contributed by atoms with Crippen LogP contribution in [0.15, 0.2) is 48.5 Å². The van der Waals surface area contributed by atoms with Crippen molar-refractivity contribution in [1.82, 2.24) is 4.90 Å². The van der Waals surface area contributed by atoms with Crippen LogP contribution in [0.5, 0.6) is 0 Å². The maximum Gasteiger partial charge on any atom is 0.405 e. The van der Waals surface area contributed by atoms with Crippen LogP contribution in [0.4, 0.5) is 19.3 Å². The number of halogens is 2. The summed E-state index contributed by atoms with van der Waals surface area (Å²) in [7, 11) is 0. The Morgan fingerprint density at radius 3 is 2.29 bits per heavy atom. The number of anilines is 1. The molecule has 2 aromatic carbocycles. The van der Waals surface area contributed by atoms with Gasteiger partial charge in [-0.05, 0) is 17.7 Å². The van der Waals surface area contributed by atoms with Crippen LogP contribution in [-0.4, -0.2) is 43.1 Å². The summed E-state index contributed by atoms with van der Waals surface area (Å²) in [5.41, 5.74) is 6.40. The second-order valence-electron chi connectivity index (χ2n) is 6.51. The lowest BCUT2D eigenvalue weighted by Gasteiger charge is -2.36. The molecule has 0 radical (unpaired) electrons. The molecule has 0 bridgehead atoms. The lowest BCUT2D eigenvalue weighted by Crippen LogP contribution is -2.49. The van der Waals surface area contributed by atoms with Crippen LogP contribution in [0.3, 0.4) is 0 Å². The highest BCUT2D eigenvalue weighted by Crippen LogP contribution is 2.24. The zero-order chi connectivity index (χ0) is 20.1. The van der Waals surface area contributed by atoms with E-state index in [1.807, 2.05) is 11.0 Å². The highest BCUT2D eigenvalue weighted by Gasteiger charge is 2.26. The summed E-state index contributed by atoms with van der Waals surface area (Å²) in [5.74, 6) is -1.95. The van der Waals surface area contributed by atoms with Crippen molar-refractivity contribution in [2.45, 2.75) is 12.5 Å². The summed E-state index contributed by atoms with van der Waals surface area (Å²) in [6.07, 6.45) is -1.71. The molecule has 2 N–H and O–H groups in total. The van der Waals surface area contributed by atoms with Gasteiger partial charge in [0, 0.05) is 37.9 Å². The first-order chi connectivity index (χ1) is 13.4. The number of rotatable bonds is 5. The largest absolute Gasteiger partial charge is 0.441 e. The summed E-state index contributed by atoms with van der Waals surface area (Å²) in [6.45, 7) is 1.83. The smallest absolute Gasteiger partial charge is 0.405 e. The van der Waals surface area contributed by atoms with Crippen LogP contribution >= 0.6 is 0 Å². The lowest BCUT2D eigenvalue weighted by atomic mass is 10.1. The zero-order valence-electron chi connectivity index (χ0n) is 15.2. The fraction of sp³-hybridized carbons (Fsp3) is 0.300. The molecule has 2 amide bonds. The average Bonchev–Trinajstić information content (AvgIpc) is 2.70. The minimum absolute atomic E-state index is 0.0157. The Kier molecular flexibility index (Phi) is 6.08. The lowest BCUT2D eigenvalue weighted by molar-refractivity contribution is -0.133. The van der Waals surface area contributed by atoms with E-state index in [1.165, 1.54) is 6.07 Å². The van der Waals surface area contributed by atoms with E-state index in [-0.39, 0.29) is 12.3 Å². The monoisotopic (exact) mass is 389 g/mol. The van der Waals surface area contributed by atoms with Gasteiger partial charge in [0.1, 0.15) is 6.10 Å². The molecule has 1 saturated heterocycles. The maximum atomic E-state index is 13.4. The second-order valence-corrected chi connectivity index (χ2v) is 6.51. The number of primary amides is 1. The summed E-state index contributed by atoms with van der Waals surface area (Å²) in [6, 6.07) is 12.7. The summed E-state index contributed by atoms with van der Waals surface area (Å²) in [5, 5.41) is 0. The van der Waals surface area contributed by atoms with Gasteiger partial charge in [-0.15, -0.1) is 0 Å². The fourth-order valence-corrected chi connectivity index (χ4v) is 3.22. The summed E-state index contributed by atoms with van der Waals surface area (Å²) >= 11 is 0. The van der Waals surface area contributed by atoms with Gasteiger partial charge in [-0.3, -0.25) is 4.79 Å². The first kappa shape index (κ1) is 19.6. The second kappa shape index (κ2) is 8.69. The van der Waals surface area contributed by atoms with E-state index in [4.69, 9.17) is 10.5 Å². The third kappa shape index (κ3) is 4.76. The van der Waals surface area contributed by atoms with E-state index in [1.54, 1.807) is 29.2 Å². The molecular weight excluding hydrogens is 368 g/mol. The van der Waals surface area contributed by atoms with Gasteiger partial charge in [-0.25, -0.2) is 13.6 Å². The molecule has 0 aliphatic carbocycles. The normalized spacial score (nSPS) is 15.2. The number of piperazine rings is 1. The molecule has 148 valence electrons. The Morgan fingerprint density at radius 1 is 1.00 bits per heavy atom. The Balaban J connectivity index is 1.60. The maximum absolute atomic E-state index is 13.4. The number of carbonyl (C=O) groups is 2. The van der Waals surface area contributed by atoms with Crippen LogP contribution < -0.4 is 10.6 Å². The van der Waals surface area contributed by atoms with Gasteiger partial charge in [0.2, 0.25) is 5.91 Å². The highest BCUT2D eigenvalue weighted by atomic mass is 19.2. The number of benzene rings is 2. The Morgan fingerprint density at radius 2 is 1.68 bits per heavy atom. The molecule has 0 saturated carbocycles. The van der Waals surface area contributed by atoms with E-state index < -0.39 is 23.8 Å². The number of hydrogen-bond donors (Lipinski definition) is 1. The van der Waals surface area contributed by atoms with Crippen LogP contribution in [0, 0.1) is 11.6 Å². The van der Waals surface area contributed by atoms with Crippen molar-refractivity contribution in [3.05, 3.63) is 65.7 Å². The van der Waals surface area contributed by atoms with E-state index in [0.717, 1.165) is 12.1 Å². The molecule has 1 atom stereocenters. The van der Waals surface area contributed by atoms with Crippen LogP contribution in [0.1, 0.15) is 18.1 Å².